The van der Waals surface area contributed by atoms with E-state index in [-0.39, 0.29) is 24.2 Å². The molecule has 1 aliphatic heterocycles. The number of halogens is 3. The van der Waals surface area contributed by atoms with Gasteiger partial charge in [-0.2, -0.15) is 8.78 Å². The van der Waals surface area contributed by atoms with E-state index in [0.717, 1.165) is 42.4 Å². The van der Waals surface area contributed by atoms with E-state index in [4.69, 9.17) is 4.42 Å². The Hall–Kier alpha value is -4.71. The summed E-state index contributed by atoms with van der Waals surface area (Å²) in [7, 11) is 2.06. The number of alkyl halides is 2. The Bertz CT molecular complexity index is 1960. The summed E-state index contributed by atoms with van der Waals surface area (Å²) >= 11 is 0. The minimum absolute atomic E-state index is 0.0318. The molecule has 1 aliphatic rings. The highest BCUT2D eigenvalue weighted by Crippen LogP contribution is 2.35. The quantitative estimate of drug-likeness (QED) is 0.271. The minimum Gasteiger partial charge on any atom is -0.415 e. The number of likely N-dealkylation sites (tertiary alicyclic amines) is 1. The van der Waals surface area contributed by atoms with Gasteiger partial charge in [-0.05, 0) is 68.9 Å². The van der Waals surface area contributed by atoms with Gasteiger partial charge in [0.05, 0.1) is 28.8 Å². The molecular weight excluding hydrogens is 547 g/mol. The van der Waals surface area contributed by atoms with Crippen molar-refractivity contribution in [1.29, 1.82) is 0 Å². The Kier molecular flexibility index (Phi) is 6.42. The van der Waals surface area contributed by atoms with Gasteiger partial charge in [-0.1, -0.05) is 12.1 Å². The first-order valence-corrected chi connectivity index (χ1v) is 13.6. The summed E-state index contributed by atoms with van der Waals surface area (Å²) in [6.07, 6.45) is 1.98. The zero-order chi connectivity index (χ0) is 29.0. The molecule has 4 aromatic heterocycles. The predicted molar refractivity (Wildman–Crippen MR) is 151 cm³/mol. The maximum atomic E-state index is 15.9. The van der Waals surface area contributed by atoms with Crippen molar-refractivity contribution in [2.45, 2.75) is 31.9 Å². The lowest BCUT2D eigenvalue weighted by atomic mass is 10.00. The molecule has 9 nitrogen and oxygen atoms in total. The first-order valence-electron chi connectivity index (χ1n) is 13.6. The molecule has 0 aliphatic carbocycles. The van der Waals surface area contributed by atoms with Crippen LogP contribution >= 0.6 is 0 Å². The maximum Gasteiger partial charge on any atom is 0.329 e. The molecule has 1 N–H and O–H groups in total. The molecule has 2 aromatic carbocycles. The molecule has 0 bridgehead atoms. The molecule has 0 atom stereocenters. The van der Waals surface area contributed by atoms with Crippen molar-refractivity contribution in [2.24, 2.45) is 0 Å². The van der Waals surface area contributed by atoms with Gasteiger partial charge >= 0.3 is 12.1 Å². The zero-order valence-corrected chi connectivity index (χ0v) is 22.6. The lowest BCUT2D eigenvalue weighted by Crippen LogP contribution is -2.36. The van der Waals surface area contributed by atoms with Crippen LogP contribution in [0.5, 0.6) is 0 Å². The van der Waals surface area contributed by atoms with Crippen LogP contribution in [0.1, 0.15) is 36.9 Å². The van der Waals surface area contributed by atoms with Crippen LogP contribution in [0.25, 0.3) is 44.5 Å². The number of nitrogens with one attached hydrogen (secondary N) is 1. The molecule has 5 heterocycles. The topological polar surface area (TPSA) is 97.8 Å². The van der Waals surface area contributed by atoms with E-state index in [1.165, 1.54) is 12.3 Å². The number of rotatable bonds is 6. The Morgan fingerprint density at radius 2 is 1.88 bits per heavy atom. The van der Waals surface area contributed by atoms with Crippen molar-refractivity contribution in [3.63, 3.8) is 0 Å². The van der Waals surface area contributed by atoms with Gasteiger partial charge in [0.25, 0.3) is 5.89 Å². The third-order valence-corrected chi connectivity index (χ3v) is 8.01. The van der Waals surface area contributed by atoms with Gasteiger partial charge < -0.3 is 14.3 Å². The van der Waals surface area contributed by atoms with Crippen molar-refractivity contribution in [1.82, 2.24) is 34.2 Å². The number of hydrogen-bond donors (Lipinski definition) is 1. The number of pyridine rings is 1. The van der Waals surface area contributed by atoms with E-state index in [1.807, 2.05) is 30.5 Å². The fourth-order valence-corrected chi connectivity index (χ4v) is 5.83. The Labute approximate surface area is 237 Å². The highest BCUT2D eigenvalue weighted by molar-refractivity contribution is 5.97. The van der Waals surface area contributed by atoms with Crippen LogP contribution in [-0.4, -0.2) is 54.3 Å². The SMILES string of the molecule is CN1CCC(n2c(=O)n(Cc3ccc(-c4nnc(C(F)F)o4)cn3)c3cc(F)c(-c4cccc5[nH]ccc45)cc32)CC1. The van der Waals surface area contributed by atoms with E-state index in [1.54, 1.807) is 27.3 Å². The van der Waals surface area contributed by atoms with Crippen LogP contribution < -0.4 is 5.69 Å². The average molecular weight is 574 g/mol. The van der Waals surface area contributed by atoms with Crippen LogP contribution in [0, 0.1) is 5.82 Å². The molecular formula is C30H26F3N7O2. The van der Waals surface area contributed by atoms with Crippen LogP contribution in [0.15, 0.2) is 70.1 Å². The Morgan fingerprint density at radius 3 is 2.62 bits per heavy atom. The van der Waals surface area contributed by atoms with Crippen molar-refractivity contribution >= 4 is 21.9 Å². The van der Waals surface area contributed by atoms with E-state index < -0.39 is 18.1 Å². The number of aromatic nitrogens is 6. The van der Waals surface area contributed by atoms with Crippen LogP contribution in [0.3, 0.4) is 0 Å². The fourth-order valence-electron chi connectivity index (χ4n) is 5.83. The summed E-state index contributed by atoms with van der Waals surface area (Å²) in [6.45, 7) is 1.80. The van der Waals surface area contributed by atoms with Crippen molar-refractivity contribution in [2.75, 3.05) is 20.1 Å². The molecule has 42 heavy (non-hydrogen) atoms. The summed E-state index contributed by atoms with van der Waals surface area (Å²) in [5, 5.41) is 7.90. The number of hydrogen-bond acceptors (Lipinski definition) is 6. The fraction of sp³-hybridized carbons (Fsp3) is 0.267. The van der Waals surface area contributed by atoms with Crippen LogP contribution in [0.2, 0.25) is 0 Å². The number of benzene rings is 2. The van der Waals surface area contributed by atoms with E-state index >= 15 is 4.39 Å². The lowest BCUT2D eigenvalue weighted by Gasteiger charge is -2.29. The second kappa shape index (κ2) is 10.3. The normalized spacial score (nSPS) is 15.0. The summed E-state index contributed by atoms with van der Waals surface area (Å²) in [5.74, 6) is -1.27. The first kappa shape index (κ1) is 26.2. The first-order chi connectivity index (χ1) is 20.4. The lowest BCUT2D eigenvalue weighted by molar-refractivity contribution is 0.116. The van der Waals surface area contributed by atoms with Crippen LogP contribution in [-0.2, 0) is 6.54 Å². The molecule has 0 unspecified atom stereocenters. The molecule has 1 fully saturated rings. The Balaban J connectivity index is 1.32. The monoisotopic (exact) mass is 573 g/mol. The predicted octanol–water partition coefficient (Wildman–Crippen LogP) is 5.79. The standard InChI is InChI=1S/C30H26F3N7O2/c1-38-11-8-19(9-12-38)40-26-13-22(20-3-2-4-24-21(20)7-10-34-24)23(31)14-25(26)39(30(40)41)16-18-6-5-17(15-35-18)28-36-37-29(42-28)27(32)33/h2-7,10,13-15,19,27,34H,8-9,11-12,16H2,1H3. The van der Waals surface area contributed by atoms with Gasteiger partial charge in [0, 0.05) is 41.0 Å². The second-order valence-corrected chi connectivity index (χ2v) is 10.6. The van der Waals surface area contributed by atoms with E-state index in [0.29, 0.717) is 27.9 Å². The maximum absolute atomic E-state index is 15.9. The number of piperidine rings is 1. The molecule has 12 heteroatoms. The number of H-pyrrole nitrogens is 1. The smallest absolute Gasteiger partial charge is 0.329 e. The number of imidazole rings is 1. The summed E-state index contributed by atoms with van der Waals surface area (Å²) in [4.78, 5) is 23.8. The van der Waals surface area contributed by atoms with Crippen LogP contribution in [0.4, 0.5) is 13.2 Å². The molecule has 1 saturated heterocycles. The van der Waals surface area contributed by atoms with E-state index in [2.05, 4.69) is 32.1 Å². The zero-order valence-electron chi connectivity index (χ0n) is 22.6. The second-order valence-electron chi connectivity index (χ2n) is 10.6. The minimum atomic E-state index is -2.87. The summed E-state index contributed by atoms with van der Waals surface area (Å²) in [5.41, 5.74) is 3.88. The molecule has 0 radical (unpaired) electrons. The highest BCUT2D eigenvalue weighted by atomic mass is 19.3. The van der Waals surface area contributed by atoms with Gasteiger partial charge in [-0.3, -0.25) is 14.1 Å². The van der Waals surface area contributed by atoms with Gasteiger partial charge in [0.15, 0.2) is 0 Å². The molecule has 6 aromatic rings. The third kappa shape index (κ3) is 4.48. The molecule has 0 saturated carbocycles. The molecule has 0 spiro atoms. The number of fused-ring (bicyclic) bond motifs is 2. The van der Waals surface area contributed by atoms with Gasteiger partial charge in [0.2, 0.25) is 5.89 Å². The van der Waals surface area contributed by atoms with E-state index in [9.17, 15) is 13.6 Å². The van der Waals surface area contributed by atoms with Crippen molar-refractivity contribution in [3.8, 4) is 22.6 Å². The van der Waals surface area contributed by atoms with Gasteiger partial charge in [-0.15, -0.1) is 10.2 Å². The number of aromatic amines is 1. The molecule has 214 valence electrons. The van der Waals surface area contributed by atoms with Gasteiger partial charge in [0.1, 0.15) is 5.82 Å². The van der Waals surface area contributed by atoms with Crippen molar-refractivity contribution in [3.05, 3.63) is 88.8 Å². The van der Waals surface area contributed by atoms with Gasteiger partial charge in [-0.25, -0.2) is 9.18 Å². The third-order valence-electron chi connectivity index (χ3n) is 8.01. The Morgan fingerprint density at radius 1 is 1.05 bits per heavy atom. The average Bonchev–Trinajstić information content (AvgIpc) is 3.73. The molecule has 0 amide bonds. The molecule has 7 rings (SSSR count). The highest BCUT2D eigenvalue weighted by Gasteiger charge is 2.26. The largest absolute Gasteiger partial charge is 0.415 e. The number of nitrogens with zero attached hydrogens (tertiary/aromatic N) is 6. The summed E-state index contributed by atoms with van der Waals surface area (Å²) < 4.78 is 49.9. The van der Waals surface area contributed by atoms with Crippen molar-refractivity contribution < 1.29 is 17.6 Å². The summed E-state index contributed by atoms with van der Waals surface area (Å²) in [6, 6.07) is 14.1.